The Morgan fingerprint density at radius 3 is 2.02 bits per heavy atom. The molecule has 12 nitrogen and oxygen atoms in total. The second-order valence-corrected chi connectivity index (χ2v) is 17.8. The SMILES string of the molecule is CCC(C(=O)C(C)C(O)C(C)C1OC(O)(CC(=O)OCOC(=O)C(C)(C)C)C(C)CC1C)C1OC(C)(C2(O)OC(CC)(C(O)CC)CC2C)CC1C. The summed E-state index contributed by atoms with van der Waals surface area (Å²) in [5, 5.41) is 46.3. The summed E-state index contributed by atoms with van der Waals surface area (Å²) < 4.78 is 29.5. The van der Waals surface area contributed by atoms with Crippen molar-refractivity contribution >= 4 is 17.7 Å². The number of hydrogen-bond donors (Lipinski definition) is 4. The monoisotopic (exact) mass is 742 g/mol. The summed E-state index contributed by atoms with van der Waals surface area (Å²) in [5.41, 5.74) is -2.79. The fourth-order valence-corrected chi connectivity index (χ4v) is 9.23. The predicted octanol–water partition coefficient (Wildman–Crippen LogP) is 5.29. The molecule has 0 spiro atoms. The van der Waals surface area contributed by atoms with Crippen LogP contribution in [-0.2, 0) is 38.1 Å². The van der Waals surface area contributed by atoms with Crippen molar-refractivity contribution in [3.05, 3.63) is 0 Å². The minimum atomic E-state index is -1.89. The summed E-state index contributed by atoms with van der Waals surface area (Å²) in [5.74, 6) is -8.03. The van der Waals surface area contributed by atoms with Crippen molar-refractivity contribution < 1.29 is 58.5 Å². The molecule has 3 saturated heterocycles. The predicted molar refractivity (Wildman–Crippen MR) is 193 cm³/mol. The van der Waals surface area contributed by atoms with Crippen LogP contribution in [-0.4, -0.2) is 92.1 Å². The highest BCUT2D eigenvalue weighted by Crippen LogP contribution is 2.56. The third-order valence-electron chi connectivity index (χ3n) is 12.7. The van der Waals surface area contributed by atoms with Crippen LogP contribution in [0.2, 0.25) is 0 Å². The fourth-order valence-electron chi connectivity index (χ4n) is 9.23. The molecule has 0 radical (unpaired) electrons. The highest BCUT2D eigenvalue weighted by molar-refractivity contribution is 5.84. The van der Waals surface area contributed by atoms with E-state index in [-0.39, 0.29) is 23.5 Å². The number of rotatable bonds is 15. The molecule has 12 heteroatoms. The Morgan fingerprint density at radius 2 is 1.48 bits per heavy atom. The lowest BCUT2D eigenvalue weighted by molar-refractivity contribution is -0.332. The van der Waals surface area contributed by atoms with Crippen LogP contribution in [0.15, 0.2) is 0 Å². The largest absolute Gasteiger partial charge is 0.428 e. The summed E-state index contributed by atoms with van der Waals surface area (Å²) in [7, 11) is 0. The van der Waals surface area contributed by atoms with E-state index in [1.165, 1.54) is 0 Å². The van der Waals surface area contributed by atoms with Crippen molar-refractivity contribution in [3.63, 3.8) is 0 Å². The van der Waals surface area contributed by atoms with Gasteiger partial charge in [-0.15, -0.1) is 0 Å². The van der Waals surface area contributed by atoms with Gasteiger partial charge in [0, 0.05) is 29.6 Å². The highest BCUT2D eigenvalue weighted by atomic mass is 16.7. The average molecular weight is 743 g/mol. The lowest BCUT2D eigenvalue weighted by atomic mass is 9.73. The summed E-state index contributed by atoms with van der Waals surface area (Å²) in [4.78, 5) is 39.0. The smallest absolute Gasteiger partial charge is 0.314 e. The van der Waals surface area contributed by atoms with Crippen molar-refractivity contribution in [1.29, 1.82) is 0 Å². The van der Waals surface area contributed by atoms with Gasteiger partial charge in [-0.3, -0.25) is 14.4 Å². The number of ketones is 1. The zero-order valence-electron chi connectivity index (χ0n) is 34.1. The number of ether oxygens (including phenoxy) is 5. The molecule has 15 unspecified atom stereocenters. The topological polar surface area (TPSA) is 178 Å². The van der Waals surface area contributed by atoms with Gasteiger partial charge in [-0.1, -0.05) is 62.3 Å². The van der Waals surface area contributed by atoms with Crippen molar-refractivity contribution in [2.24, 2.45) is 46.8 Å². The first-order valence-electron chi connectivity index (χ1n) is 19.6. The zero-order chi connectivity index (χ0) is 39.8. The Labute approximate surface area is 311 Å². The van der Waals surface area contributed by atoms with E-state index >= 15 is 0 Å². The van der Waals surface area contributed by atoms with E-state index in [9.17, 15) is 34.8 Å². The van der Waals surface area contributed by atoms with Gasteiger partial charge in [0.25, 0.3) is 0 Å². The molecule has 3 aliphatic heterocycles. The quantitative estimate of drug-likeness (QED) is 0.126. The van der Waals surface area contributed by atoms with E-state index < -0.39 is 101 Å². The normalized spacial score (nSPS) is 39.7. The van der Waals surface area contributed by atoms with E-state index in [0.717, 1.165) is 0 Å². The lowest BCUT2D eigenvalue weighted by Gasteiger charge is -2.47. The standard InChI is InChI=1S/C40H70O12/c1-14-28(34-23(5)18-37(13,50-34)40(47)25(7)19-38(16-3,52-40)29(41)15-2)32(44)26(8)31(43)27(9)33-22(4)17-24(6)39(46,51-33)20-30(42)48-21-49-35(45)36(10,11)12/h22-29,31,33-34,41,43,46-47H,14-21H2,1-13H3. The summed E-state index contributed by atoms with van der Waals surface area (Å²) in [6, 6.07) is 0. The first-order valence-corrected chi connectivity index (χ1v) is 19.6. The van der Waals surface area contributed by atoms with E-state index in [2.05, 4.69) is 0 Å². The molecule has 3 heterocycles. The molecule has 0 amide bonds. The van der Waals surface area contributed by atoms with Crippen molar-refractivity contribution in [3.8, 4) is 0 Å². The van der Waals surface area contributed by atoms with Crippen LogP contribution in [0.25, 0.3) is 0 Å². The number of carbonyl (C=O) groups excluding carboxylic acids is 3. The maximum atomic E-state index is 14.3. The molecule has 0 aromatic rings. The van der Waals surface area contributed by atoms with Gasteiger partial charge in [-0.05, 0) is 78.1 Å². The van der Waals surface area contributed by atoms with Gasteiger partial charge >= 0.3 is 11.9 Å². The number of aliphatic hydroxyl groups is 4. The molecular weight excluding hydrogens is 672 g/mol. The van der Waals surface area contributed by atoms with E-state index in [1.54, 1.807) is 41.5 Å². The number of esters is 2. The maximum Gasteiger partial charge on any atom is 0.314 e. The van der Waals surface area contributed by atoms with E-state index in [1.807, 2.05) is 48.5 Å². The zero-order valence-corrected chi connectivity index (χ0v) is 34.1. The minimum Gasteiger partial charge on any atom is -0.428 e. The number of Topliss-reactive ketones (excluding diaryl/α,β-unsaturated/α-hetero) is 1. The highest BCUT2D eigenvalue weighted by Gasteiger charge is 2.67. The first-order chi connectivity index (χ1) is 23.9. The van der Waals surface area contributed by atoms with Gasteiger partial charge in [0.2, 0.25) is 6.79 Å². The van der Waals surface area contributed by atoms with Gasteiger partial charge in [-0.2, -0.15) is 0 Å². The van der Waals surface area contributed by atoms with Crippen LogP contribution in [0.3, 0.4) is 0 Å². The molecule has 3 aliphatic rings. The van der Waals surface area contributed by atoms with Gasteiger partial charge < -0.3 is 44.1 Å². The molecule has 302 valence electrons. The first kappa shape index (κ1) is 44.7. The summed E-state index contributed by atoms with van der Waals surface area (Å²) in [6.07, 6.45) is -0.696. The van der Waals surface area contributed by atoms with Gasteiger partial charge in [0.15, 0.2) is 11.6 Å². The molecule has 15 atom stereocenters. The molecule has 0 aliphatic carbocycles. The van der Waals surface area contributed by atoms with Crippen LogP contribution < -0.4 is 0 Å². The molecule has 0 saturated carbocycles. The Morgan fingerprint density at radius 1 is 0.865 bits per heavy atom. The lowest BCUT2D eigenvalue weighted by Crippen LogP contribution is -2.58. The number of aliphatic hydroxyl groups excluding tert-OH is 2. The second-order valence-electron chi connectivity index (χ2n) is 17.8. The van der Waals surface area contributed by atoms with E-state index in [4.69, 9.17) is 23.7 Å². The van der Waals surface area contributed by atoms with Crippen LogP contribution >= 0.6 is 0 Å². The Balaban J connectivity index is 1.72. The molecule has 52 heavy (non-hydrogen) atoms. The van der Waals surface area contributed by atoms with Gasteiger partial charge in [-0.25, -0.2) is 0 Å². The molecule has 4 N–H and O–H groups in total. The third kappa shape index (κ3) is 8.74. The van der Waals surface area contributed by atoms with Crippen LogP contribution in [0.4, 0.5) is 0 Å². The number of hydrogen-bond acceptors (Lipinski definition) is 12. The number of carbonyl (C=O) groups is 3. The van der Waals surface area contributed by atoms with Crippen molar-refractivity contribution in [2.45, 2.75) is 182 Å². The summed E-state index contributed by atoms with van der Waals surface area (Å²) in [6.45, 7) is 23.2. The molecule has 0 aromatic heterocycles. The fraction of sp³-hybridized carbons (Fsp3) is 0.925. The maximum absolute atomic E-state index is 14.3. The van der Waals surface area contributed by atoms with Crippen molar-refractivity contribution in [2.75, 3.05) is 6.79 Å². The Kier molecular flexibility index (Phi) is 14.3. The van der Waals surface area contributed by atoms with Crippen LogP contribution in [0.1, 0.15) is 135 Å². The van der Waals surface area contributed by atoms with Crippen LogP contribution in [0.5, 0.6) is 0 Å². The molecule has 0 bridgehead atoms. The van der Waals surface area contributed by atoms with Gasteiger partial charge in [0.1, 0.15) is 11.4 Å². The Bertz CT molecular complexity index is 1250. The molecule has 3 rings (SSSR count). The average Bonchev–Trinajstić information content (AvgIpc) is 3.54. The van der Waals surface area contributed by atoms with E-state index in [0.29, 0.717) is 38.5 Å². The second kappa shape index (κ2) is 16.6. The molecular formula is C40H70O12. The minimum absolute atomic E-state index is 0.108. The van der Waals surface area contributed by atoms with Gasteiger partial charge in [0.05, 0.1) is 41.9 Å². The Hall–Kier alpha value is -1.67. The summed E-state index contributed by atoms with van der Waals surface area (Å²) >= 11 is 0. The van der Waals surface area contributed by atoms with Crippen LogP contribution in [0, 0.1) is 46.8 Å². The van der Waals surface area contributed by atoms with Crippen molar-refractivity contribution in [1.82, 2.24) is 0 Å². The molecule has 3 fully saturated rings. The molecule has 0 aromatic carbocycles. The third-order valence-corrected chi connectivity index (χ3v) is 12.7.